The third-order valence-corrected chi connectivity index (χ3v) is 5.40. The number of hydrazine groups is 1. The Kier molecular flexibility index (Phi) is 3.76. The molecule has 1 fully saturated rings. The fraction of sp³-hybridized carbons (Fsp3) is 0.500. The number of fused-ring (bicyclic) bond motifs is 1. The van der Waals surface area contributed by atoms with Gasteiger partial charge in [0.05, 0.1) is 5.39 Å². The molecule has 19 heavy (non-hydrogen) atoms. The maximum Gasteiger partial charge on any atom is 0.240 e. The second-order valence-corrected chi connectivity index (χ2v) is 7.11. The quantitative estimate of drug-likeness (QED) is 0.594. The van der Waals surface area contributed by atoms with Crippen LogP contribution in [0.2, 0.25) is 0 Å². The van der Waals surface area contributed by atoms with Crippen LogP contribution in [0.25, 0.3) is 10.2 Å². The van der Waals surface area contributed by atoms with Crippen LogP contribution in [-0.4, -0.2) is 28.0 Å². The van der Waals surface area contributed by atoms with Crippen LogP contribution in [0.5, 0.6) is 0 Å². The van der Waals surface area contributed by atoms with Crippen LogP contribution >= 0.6 is 23.1 Å². The number of aromatic nitrogens is 2. The molecule has 3 rings (SSSR count). The van der Waals surface area contributed by atoms with Crippen LogP contribution in [0, 0.1) is 12.8 Å². The Balaban J connectivity index is 1.86. The van der Waals surface area contributed by atoms with Crippen molar-refractivity contribution in [2.45, 2.75) is 13.3 Å². The van der Waals surface area contributed by atoms with Gasteiger partial charge in [-0.25, -0.2) is 10.8 Å². The molecule has 2 aromatic heterocycles. The Morgan fingerprint density at radius 1 is 1.47 bits per heavy atom. The van der Waals surface area contributed by atoms with Gasteiger partial charge >= 0.3 is 0 Å². The third-order valence-electron chi connectivity index (χ3n) is 3.23. The number of rotatable bonds is 4. The molecule has 1 saturated heterocycles. The summed E-state index contributed by atoms with van der Waals surface area (Å²) >= 11 is 3.69. The average molecular weight is 295 g/mol. The molecule has 1 atom stereocenters. The van der Waals surface area contributed by atoms with Gasteiger partial charge in [0.2, 0.25) is 5.95 Å². The topological polar surface area (TPSA) is 75.9 Å². The molecule has 1 aliphatic heterocycles. The van der Waals surface area contributed by atoms with Gasteiger partial charge in [0.15, 0.2) is 0 Å². The summed E-state index contributed by atoms with van der Waals surface area (Å²) in [6.07, 6.45) is 1.29. The van der Waals surface area contributed by atoms with E-state index in [1.54, 1.807) is 11.3 Å². The highest BCUT2D eigenvalue weighted by molar-refractivity contribution is 7.99. The molecular formula is C12H17N5S2. The molecule has 0 saturated carbocycles. The Hall–Kier alpha value is -1.05. The fourth-order valence-electron chi connectivity index (χ4n) is 2.23. The van der Waals surface area contributed by atoms with Gasteiger partial charge in [0.25, 0.3) is 0 Å². The van der Waals surface area contributed by atoms with E-state index in [2.05, 4.69) is 33.7 Å². The van der Waals surface area contributed by atoms with Gasteiger partial charge in [-0.1, -0.05) is 0 Å². The molecule has 7 heteroatoms. The molecular weight excluding hydrogens is 278 g/mol. The zero-order chi connectivity index (χ0) is 13.2. The number of nitrogens with two attached hydrogens (primary N) is 1. The van der Waals surface area contributed by atoms with Crippen LogP contribution in [0.3, 0.4) is 0 Å². The highest BCUT2D eigenvalue weighted by Crippen LogP contribution is 2.30. The first kappa shape index (κ1) is 13.0. The molecule has 2 aromatic rings. The van der Waals surface area contributed by atoms with E-state index >= 15 is 0 Å². The second kappa shape index (κ2) is 5.52. The van der Waals surface area contributed by atoms with E-state index < -0.39 is 0 Å². The first-order valence-corrected chi connectivity index (χ1v) is 8.30. The lowest BCUT2D eigenvalue weighted by Crippen LogP contribution is -2.16. The number of hydrogen-bond acceptors (Lipinski definition) is 7. The van der Waals surface area contributed by atoms with Gasteiger partial charge in [0.1, 0.15) is 10.6 Å². The smallest absolute Gasteiger partial charge is 0.240 e. The van der Waals surface area contributed by atoms with Gasteiger partial charge in [-0.05, 0) is 36.8 Å². The Bertz CT molecular complexity index is 577. The van der Waals surface area contributed by atoms with E-state index in [0.717, 1.165) is 28.5 Å². The van der Waals surface area contributed by atoms with Crippen LogP contribution in [0.4, 0.5) is 11.8 Å². The highest BCUT2D eigenvalue weighted by Gasteiger charge is 2.16. The molecule has 0 radical (unpaired) electrons. The Morgan fingerprint density at radius 2 is 2.37 bits per heavy atom. The van der Waals surface area contributed by atoms with E-state index in [9.17, 15) is 0 Å². The van der Waals surface area contributed by atoms with Crippen molar-refractivity contribution < 1.29 is 0 Å². The number of nitrogens with zero attached hydrogens (tertiary/aromatic N) is 2. The van der Waals surface area contributed by atoms with E-state index in [0.29, 0.717) is 5.95 Å². The molecule has 0 aliphatic carbocycles. The monoisotopic (exact) mass is 295 g/mol. The SMILES string of the molecule is Cc1cc2c(NCC3CCSC3)nc(NN)nc2s1. The summed E-state index contributed by atoms with van der Waals surface area (Å²) in [6, 6.07) is 2.13. The van der Waals surface area contributed by atoms with Crippen molar-refractivity contribution >= 4 is 45.1 Å². The van der Waals surface area contributed by atoms with Gasteiger partial charge in [-0.3, -0.25) is 5.43 Å². The highest BCUT2D eigenvalue weighted by atomic mass is 32.2. The van der Waals surface area contributed by atoms with E-state index in [-0.39, 0.29) is 0 Å². The first-order chi connectivity index (χ1) is 9.26. The van der Waals surface area contributed by atoms with Crippen molar-refractivity contribution in [3.05, 3.63) is 10.9 Å². The molecule has 3 heterocycles. The maximum absolute atomic E-state index is 5.43. The summed E-state index contributed by atoms with van der Waals surface area (Å²) < 4.78 is 0. The van der Waals surface area contributed by atoms with Crippen molar-refractivity contribution in [2.75, 3.05) is 28.8 Å². The minimum absolute atomic E-state index is 0.470. The van der Waals surface area contributed by atoms with E-state index in [1.165, 1.54) is 22.8 Å². The number of thiophene rings is 1. The Morgan fingerprint density at radius 3 is 3.11 bits per heavy atom. The lowest BCUT2D eigenvalue weighted by Gasteiger charge is -2.12. The summed E-state index contributed by atoms with van der Waals surface area (Å²) in [7, 11) is 0. The normalized spacial score (nSPS) is 18.9. The molecule has 102 valence electrons. The average Bonchev–Trinajstić information content (AvgIpc) is 3.03. The van der Waals surface area contributed by atoms with Gasteiger partial charge in [0, 0.05) is 11.4 Å². The maximum atomic E-state index is 5.43. The van der Waals surface area contributed by atoms with Gasteiger partial charge in [-0.2, -0.15) is 16.7 Å². The standard InChI is InChI=1S/C12H17N5S2/c1-7-4-9-10(14-5-8-2-3-18-6-8)15-12(17-13)16-11(9)19-7/h4,8H,2-3,5-6,13H2,1H3,(H2,14,15,16,17). The summed E-state index contributed by atoms with van der Waals surface area (Å²) in [5, 5.41) is 4.55. The molecule has 0 aromatic carbocycles. The number of thioether (sulfide) groups is 1. The van der Waals surface area contributed by atoms with Crippen molar-refractivity contribution in [1.82, 2.24) is 9.97 Å². The number of nitrogen functional groups attached to an aromatic ring is 1. The molecule has 0 spiro atoms. The fourth-order valence-corrected chi connectivity index (χ4v) is 4.39. The van der Waals surface area contributed by atoms with Crippen molar-refractivity contribution in [2.24, 2.45) is 11.8 Å². The second-order valence-electron chi connectivity index (χ2n) is 4.73. The Labute approximate surface area is 120 Å². The molecule has 4 N–H and O–H groups in total. The minimum Gasteiger partial charge on any atom is -0.369 e. The zero-order valence-electron chi connectivity index (χ0n) is 10.8. The van der Waals surface area contributed by atoms with Crippen LogP contribution < -0.4 is 16.6 Å². The lowest BCUT2D eigenvalue weighted by molar-refractivity contribution is 0.631. The van der Waals surface area contributed by atoms with Crippen molar-refractivity contribution in [3.8, 4) is 0 Å². The van der Waals surface area contributed by atoms with E-state index in [1.807, 2.05) is 11.8 Å². The zero-order valence-corrected chi connectivity index (χ0v) is 12.4. The molecule has 0 amide bonds. The summed E-state index contributed by atoms with van der Waals surface area (Å²) in [5.41, 5.74) is 2.54. The lowest BCUT2D eigenvalue weighted by atomic mass is 10.1. The minimum atomic E-state index is 0.470. The summed E-state index contributed by atoms with van der Waals surface area (Å²) in [5.74, 6) is 10.0. The predicted octanol–water partition coefficient (Wildman–Crippen LogP) is 2.45. The summed E-state index contributed by atoms with van der Waals surface area (Å²) in [4.78, 5) is 11.0. The van der Waals surface area contributed by atoms with Crippen LogP contribution in [0.1, 0.15) is 11.3 Å². The van der Waals surface area contributed by atoms with Gasteiger partial charge in [-0.15, -0.1) is 11.3 Å². The molecule has 5 nitrogen and oxygen atoms in total. The van der Waals surface area contributed by atoms with Crippen molar-refractivity contribution in [1.29, 1.82) is 0 Å². The largest absolute Gasteiger partial charge is 0.369 e. The molecule has 1 unspecified atom stereocenters. The van der Waals surface area contributed by atoms with Crippen LogP contribution in [-0.2, 0) is 0 Å². The molecule has 1 aliphatic rings. The van der Waals surface area contributed by atoms with Crippen LogP contribution in [0.15, 0.2) is 6.07 Å². The first-order valence-electron chi connectivity index (χ1n) is 6.32. The van der Waals surface area contributed by atoms with Gasteiger partial charge < -0.3 is 5.32 Å². The summed E-state index contributed by atoms with van der Waals surface area (Å²) in [6.45, 7) is 3.05. The number of anilines is 2. The number of hydrogen-bond donors (Lipinski definition) is 3. The molecule has 0 bridgehead atoms. The third kappa shape index (κ3) is 2.77. The van der Waals surface area contributed by atoms with Crippen molar-refractivity contribution in [3.63, 3.8) is 0 Å². The number of aryl methyl sites for hydroxylation is 1. The van der Waals surface area contributed by atoms with E-state index in [4.69, 9.17) is 5.84 Å². The predicted molar refractivity (Wildman–Crippen MR) is 83.9 cm³/mol. The number of nitrogens with one attached hydrogen (secondary N) is 2.